The summed E-state index contributed by atoms with van der Waals surface area (Å²) >= 11 is 0. The Morgan fingerprint density at radius 2 is 2.00 bits per heavy atom. The molecule has 0 aromatic heterocycles. The van der Waals surface area contributed by atoms with Crippen molar-refractivity contribution in [2.75, 3.05) is 13.6 Å². The quantitative estimate of drug-likeness (QED) is 0.692. The third-order valence-corrected chi connectivity index (χ3v) is 3.06. The van der Waals surface area contributed by atoms with Gasteiger partial charge < -0.3 is 10.6 Å². The van der Waals surface area contributed by atoms with E-state index in [1.165, 1.54) is 12.8 Å². The Morgan fingerprint density at radius 1 is 1.50 bits per heavy atom. The van der Waals surface area contributed by atoms with Crippen LogP contribution in [0, 0.1) is 5.41 Å². The second-order valence-corrected chi connectivity index (χ2v) is 4.92. The summed E-state index contributed by atoms with van der Waals surface area (Å²) in [5, 5.41) is 0. The molecule has 0 bridgehead atoms. The monoisotopic (exact) mass is 170 g/mol. The van der Waals surface area contributed by atoms with E-state index < -0.39 is 0 Å². The minimum atomic E-state index is 0.247. The van der Waals surface area contributed by atoms with Crippen LogP contribution in [0.25, 0.3) is 0 Å². The Hall–Kier alpha value is -0.0800. The van der Waals surface area contributed by atoms with Gasteiger partial charge in [-0.15, -0.1) is 0 Å². The van der Waals surface area contributed by atoms with Gasteiger partial charge in [-0.25, -0.2) is 0 Å². The first-order valence-electron chi connectivity index (χ1n) is 4.89. The highest BCUT2D eigenvalue weighted by Gasteiger charge is 2.31. The maximum Gasteiger partial charge on any atom is 0.00936 e. The number of hydrogen-bond donors (Lipinski definition) is 1. The van der Waals surface area contributed by atoms with Crippen LogP contribution < -0.4 is 5.73 Å². The van der Waals surface area contributed by atoms with Crippen molar-refractivity contribution < 1.29 is 0 Å². The Morgan fingerprint density at radius 3 is 2.33 bits per heavy atom. The molecule has 1 atom stereocenters. The molecular formula is C10H22N2. The van der Waals surface area contributed by atoms with Crippen molar-refractivity contribution in [1.82, 2.24) is 4.90 Å². The second-order valence-electron chi connectivity index (χ2n) is 4.92. The molecule has 0 aliphatic heterocycles. The van der Waals surface area contributed by atoms with Gasteiger partial charge in [0.2, 0.25) is 0 Å². The van der Waals surface area contributed by atoms with E-state index in [4.69, 9.17) is 5.73 Å². The van der Waals surface area contributed by atoms with Crippen LogP contribution in [0.4, 0.5) is 0 Å². The lowest BCUT2D eigenvalue weighted by Crippen LogP contribution is -2.43. The SMILES string of the molecule is CC(N)C(C)(C)CN(C)C1CC1. The molecule has 2 nitrogen and oxygen atoms in total. The molecule has 1 aliphatic carbocycles. The average molecular weight is 170 g/mol. The summed E-state index contributed by atoms with van der Waals surface area (Å²) in [5.41, 5.74) is 6.16. The van der Waals surface area contributed by atoms with Gasteiger partial charge in [-0.05, 0) is 32.2 Å². The van der Waals surface area contributed by atoms with Crippen molar-refractivity contribution in [3.05, 3.63) is 0 Å². The van der Waals surface area contributed by atoms with E-state index in [0.29, 0.717) is 0 Å². The van der Waals surface area contributed by atoms with Crippen LogP contribution in [0.2, 0.25) is 0 Å². The van der Waals surface area contributed by atoms with Crippen molar-refractivity contribution in [3.63, 3.8) is 0 Å². The van der Waals surface area contributed by atoms with E-state index in [2.05, 4.69) is 32.7 Å². The molecule has 1 saturated carbocycles. The predicted octanol–water partition coefficient (Wildman–Crippen LogP) is 1.45. The largest absolute Gasteiger partial charge is 0.327 e. The van der Waals surface area contributed by atoms with Crippen molar-refractivity contribution >= 4 is 0 Å². The van der Waals surface area contributed by atoms with Gasteiger partial charge in [0, 0.05) is 18.6 Å². The summed E-state index contributed by atoms with van der Waals surface area (Å²) in [6, 6.07) is 1.13. The molecule has 1 rings (SSSR count). The first kappa shape index (κ1) is 10.0. The highest BCUT2D eigenvalue weighted by Crippen LogP contribution is 2.29. The van der Waals surface area contributed by atoms with E-state index in [-0.39, 0.29) is 11.5 Å². The molecule has 0 spiro atoms. The van der Waals surface area contributed by atoms with Gasteiger partial charge in [-0.1, -0.05) is 13.8 Å². The molecule has 0 aromatic rings. The van der Waals surface area contributed by atoms with E-state index in [9.17, 15) is 0 Å². The Kier molecular flexibility index (Phi) is 2.79. The van der Waals surface area contributed by atoms with E-state index >= 15 is 0 Å². The van der Waals surface area contributed by atoms with Crippen LogP contribution in [-0.2, 0) is 0 Å². The van der Waals surface area contributed by atoms with Crippen molar-refractivity contribution in [2.24, 2.45) is 11.1 Å². The maximum atomic E-state index is 5.91. The fraction of sp³-hybridized carbons (Fsp3) is 1.00. The Bertz CT molecular complexity index is 148. The van der Waals surface area contributed by atoms with Gasteiger partial charge in [0.1, 0.15) is 0 Å². The summed E-state index contributed by atoms with van der Waals surface area (Å²) in [5.74, 6) is 0. The zero-order valence-electron chi connectivity index (χ0n) is 8.80. The summed E-state index contributed by atoms with van der Waals surface area (Å²) in [4.78, 5) is 2.45. The van der Waals surface area contributed by atoms with Gasteiger partial charge in [-0.3, -0.25) is 0 Å². The number of rotatable bonds is 4. The molecule has 12 heavy (non-hydrogen) atoms. The Balaban J connectivity index is 2.36. The second kappa shape index (κ2) is 3.35. The molecular weight excluding hydrogens is 148 g/mol. The van der Waals surface area contributed by atoms with Crippen LogP contribution in [0.3, 0.4) is 0 Å². The topological polar surface area (TPSA) is 29.3 Å². The van der Waals surface area contributed by atoms with Crippen LogP contribution in [0.15, 0.2) is 0 Å². The predicted molar refractivity (Wildman–Crippen MR) is 53.1 cm³/mol. The van der Waals surface area contributed by atoms with Crippen LogP contribution in [-0.4, -0.2) is 30.6 Å². The molecule has 0 aromatic carbocycles. The van der Waals surface area contributed by atoms with E-state index in [0.717, 1.165) is 12.6 Å². The minimum absolute atomic E-state index is 0.247. The fourth-order valence-corrected chi connectivity index (χ4v) is 1.43. The molecule has 2 heteroatoms. The lowest BCUT2D eigenvalue weighted by Gasteiger charge is -2.33. The first-order chi connectivity index (χ1) is 5.43. The first-order valence-corrected chi connectivity index (χ1v) is 4.89. The lowest BCUT2D eigenvalue weighted by atomic mass is 9.85. The smallest absolute Gasteiger partial charge is 0.00936 e. The van der Waals surface area contributed by atoms with Gasteiger partial charge in [0.05, 0.1) is 0 Å². The average Bonchev–Trinajstić information content (AvgIpc) is 2.65. The van der Waals surface area contributed by atoms with Crippen molar-refractivity contribution in [2.45, 2.75) is 45.7 Å². The maximum absolute atomic E-state index is 5.91. The molecule has 0 heterocycles. The molecule has 0 saturated heterocycles. The van der Waals surface area contributed by atoms with Crippen molar-refractivity contribution in [3.8, 4) is 0 Å². The van der Waals surface area contributed by atoms with Crippen LogP contribution in [0.5, 0.6) is 0 Å². The number of hydrogen-bond acceptors (Lipinski definition) is 2. The van der Waals surface area contributed by atoms with Gasteiger partial charge >= 0.3 is 0 Å². The van der Waals surface area contributed by atoms with E-state index in [1.54, 1.807) is 0 Å². The molecule has 0 amide bonds. The van der Waals surface area contributed by atoms with E-state index in [1.807, 2.05) is 0 Å². The normalized spacial score (nSPS) is 21.5. The highest BCUT2D eigenvalue weighted by molar-refractivity contribution is 4.88. The summed E-state index contributed by atoms with van der Waals surface area (Å²) in [6.07, 6.45) is 2.76. The fourth-order valence-electron chi connectivity index (χ4n) is 1.43. The third-order valence-electron chi connectivity index (χ3n) is 3.06. The molecule has 1 fully saturated rings. The highest BCUT2D eigenvalue weighted by atomic mass is 15.2. The van der Waals surface area contributed by atoms with Crippen LogP contribution in [0.1, 0.15) is 33.6 Å². The molecule has 72 valence electrons. The van der Waals surface area contributed by atoms with Gasteiger partial charge in [-0.2, -0.15) is 0 Å². The molecule has 1 aliphatic rings. The number of nitrogens with two attached hydrogens (primary N) is 1. The standard InChI is InChI=1S/C10H22N2/c1-8(11)10(2,3)7-12(4)9-5-6-9/h8-9H,5-7,11H2,1-4H3. The zero-order chi connectivity index (χ0) is 9.35. The summed E-state index contributed by atoms with van der Waals surface area (Å²) in [6.45, 7) is 7.71. The lowest BCUT2D eigenvalue weighted by molar-refractivity contribution is 0.177. The zero-order valence-corrected chi connectivity index (χ0v) is 8.80. The van der Waals surface area contributed by atoms with Crippen molar-refractivity contribution in [1.29, 1.82) is 0 Å². The molecule has 1 unspecified atom stereocenters. The summed E-state index contributed by atoms with van der Waals surface area (Å²) in [7, 11) is 2.21. The minimum Gasteiger partial charge on any atom is -0.327 e. The van der Waals surface area contributed by atoms with Gasteiger partial charge in [0.15, 0.2) is 0 Å². The molecule has 2 N–H and O–H groups in total. The molecule has 0 radical (unpaired) electrons. The number of nitrogens with zero attached hydrogens (tertiary/aromatic N) is 1. The third kappa shape index (κ3) is 2.46. The summed E-state index contributed by atoms with van der Waals surface area (Å²) < 4.78 is 0. The van der Waals surface area contributed by atoms with Gasteiger partial charge in [0.25, 0.3) is 0 Å². The Labute approximate surface area is 76.1 Å². The van der Waals surface area contributed by atoms with Crippen LogP contribution >= 0.6 is 0 Å².